The number of aromatic nitrogens is 3. The molecule has 3 N–H and O–H groups in total. The van der Waals surface area contributed by atoms with Crippen LogP contribution in [-0.4, -0.2) is 75.6 Å². The average Bonchev–Trinajstić information content (AvgIpc) is 3.86. The van der Waals surface area contributed by atoms with Gasteiger partial charge in [0, 0.05) is 6.61 Å². The highest BCUT2D eigenvalue weighted by atomic mass is 31.2. The molecule has 1 aromatic carbocycles. The molecule has 2 aliphatic rings. The monoisotopic (exact) mass is 845 g/mol. The van der Waals surface area contributed by atoms with E-state index in [9.17, 15) is 19.1 Å². The number of rotatable bonds is 28. The molecule has 0 saturated carbocycles. The molecule has 5 rings (SSSR count). The molecule has 2 fully saturated rings. The minimum absolute atomic E-state index is 0.0604. The first kappa shape index (κ1) is 47.0. The van der Waals surface area contributed by atoms with Gasteiger partial charge in [0.2, 0.25) is 0 Å². The van der Waals surface area contributed by atoms with Crippen LogP contribution in [0.15, 0.2) is 36.7 Å². The SMILES string of the molecule is CCCCCCCCCCCCCCCCCOC[C@H](COP(=O)(O)OC[C@@]1(C)O[C@@H](c2ccc3c(N)ncnn23)[C@@H]2OC(C)(C)O[C@@H]21)OCc1cc(F)cc(C#N)c1. The second kappa shape index (κ2) is 22.7. The summed E-state index contributed by atoms with van der Waals surface area (Å²) in [7, 11) is -4.69. The van der Waals surface area contributed by atoms with Gasteiger partial charge in [-0.05, 0) is 63.1 Å². The number of nitrogens with two attached hydrogens (primary N) is 1. The van der Waals surface area contributed by atoms with E-state index in [-0.39, 0.29) is 32.0 Å². The number of hydrogen-bond acceptors (Lipinski definition) is 12. The van der Waals surface area contributed by atoms with E-state index in [2.05, 4.69) is 17.0 Å². The Balaban J connectivity index is 1.08. The summed E-state index contributed by atoms with van der Waals surface area (Å²) < 4.78 is 71.1. The van der Waals surface area contributed by atoms with Gasteiger partial charge < -0.3 is 34.3 Å². The second-order valence-electron chi connectivity index (χ2n) is 16.5. The fourth-order valence-corrected chi connectivity index (χ4v) is 8.66. The number of nitrogens with zero attached hydrogens (tertiary/aromatic N) is 4. The smallest absolute Gasteiger partial charge is 0.382 e. The van der Waals surface area contributed by atoms with E-state index in [1.807, 2.05) is 12.1 Å². The Morgan fingerprint density at radius 1 is 0.932 bits per heavy atom. The zero-order valence-electron chi connectivity index (χ0n) is 35.3. The van der Waals surface area contributed by atoms with Crippen LogP contribution in [0, 0.1) is 17.1 Å². The Hall–Kier alpha value is -3.03. The third-order valence-corrected chi connectivity index (χ3v) is 11.9. The molecule has 2 aromatic heterocycles. The maximum absolute atomic E-state index is 14.1. The van der Waals surface area contributed by atoms with E-state index in [4.69, 9.17) is 38.5 Å². The predicted octanol–water partition coefficient (Wildman–Crippen LogP) is 9.28. The first-order valence-electron chi connectivity index (χ1n) is 21.5. The molecular formula is C43H65FN5O9P. The largest absolute Gasteiger partial charge is 0.472 e. The molecule has 3 aromatic rings. The fourth-order valence-electron chi connectivity index (χ4n) is 7.81. The first-order chi connectivity index (χ1) is 28.3. The lowest BCUT2D eigenvalue weighted by molar-refractivity contribution is -0.212. The third-order valence-electron chi connectivity index (χ3n) is 10.9. The third kappa shape index (κ3) is 14.3. The number of unbranched alkanes of at least 4 members (excludes halogenated alkanes) is 14. The lowest BCUT2D eigenvalue weighted by Gasteiger charge is -2.31. The van der Waals surface area contributed by atoms with Gasteiger partial charge >= 0.3 is 7.82 Å². The van der Waals surface area contributed by atoms with Gasteiger partial charge in [-0.15, -0.1) is 0 Å². The van der Waals surface area contributed by atoms with Crippen LogP contribution >= 0.6 is 7.82 Å². The number of nitriles is 1. The van der Waals surface area contributed by atoms with E-state index >= 15 is 0 Å². The number of fused-ring (bicyclic) bond motifs is 2. The molecular weight excluding hydrogens is 780 g/mol. The molecule has 0 spiro atoms. The van der Waals surface area contributed by atoms with Crippen molar-refractivity contribution in [2.45, 2.75) is 166 Å². The Kier molecular flexibility index (Phi) is 18.1. The molecule has 2 saturated heterocycles. The summed E-state index contributed by atoms with van der Waals surface area (Å²) in [5.41, 5.74) is 6.65. The summed E-state index contributed by atoms with van der Waals surface area (Å²) >= 11 is 0. The van der Waals surface area contributed by atoms with Gasteiger partial charge in [0.25, 0.3) is 0 Å². The quantitative estimate of drug-likeness (QED) is 0.0522. The molecule has 14 nitrogen and oxygen atoms in total. The number of anilines is 1. The number of benzene rings is 1. The number of nitrogen functional groups attached to an aromatic ring is 1. The molecule has 0 aliphatic carbocycles. The highest BCUT2D eigenvalue weighted by Gasteiger charge is 2.62. The number of phosphoric ester groups is 1. The molecule has 0 amide bonds. The Labute approximate surface area is 348 Å². The van der Waals surface area contributed by atoms with Gasteiger partial charge in [-0.2, -0.15) is 10.4 Å². The highest BCUT2D eigenvalue weighted by Crippen LogP contribution is 2.52. The van der Waals surface area contributed by atoms with Crippen LogP contribution < -0.4 is 5.73 Å². The number of phosphoric acid groups is 1. The highest BCUT2D eigenvalue weighted by molar-refractivity contribution is 7.47. The maximum atomic E-state index is 14.1. The van der Waals surface area contributed by atoms with E-state index in [1.54, 1.807) is 31.4 Å². The van der Waals surface area contributed by atoms with Gasteiger partial charge in [0.05, 0.1) is 43.8 Å². The molecule has 0 radical (unpaired) electrons. The summed E-state index contributed by atoms with van der Waals surface area (Å²) in [4.78, 5) is 14.9. The summed E-state index contributed by atoms with van der Waals surface area (Å²) in [6, 6.07) is 9.47. The zero-order chi connectivity index (χ0) is 42.3. The van der Waals surface area contributed by atoms with Crippen molar-refractivity contribution in [2.75, 3.05) is 32.2 Å². The van der Waals surface area contributed by atoms with Crippen molar-refractivity contribution >= 4 is 19.2 Å². The fraction of sp³-hybridized carbons (Fsp3) is 0.698. The normalized spacial score (nSPS) is 22.7. The zero-order valence-corrected chi connectivity index (χ0v) is 36.2. The minimum Gasteiger partial charge on any atom is -0.382 e. The van der Waals surface area contributed by atoms with Crippen LogP contribution in [0.2, 0.25) is 0 Å². The van der Waals surface area contributed by atoms with Crippen LogP contribution in [0.1, 0.15) is 147 Å². The van der Waals surface area contributed by atoms with Gasteiger partial charge in [-0.3, -0.25) is 9.05 Å². The van der Waals surface area contributed by atoms with E-state index in [1.165, 1.54) is 95.5 Å². The van der Waals surface area contributed by atoms with E-state index < -0.39 is 49.4 Å². The second-order valence-corrected chi connectivity index (χ2v) is 18.0. The van der Waals surface area contributed by atoms with Crippen molar-refractivity contribution in [3.63, 3.8) is 0 Å². The van der Waals surface area contributed by atoms with E-state index in [0.717, 1.165) is 25.3 Å². The lowest BCUT2D eigenvalue weighted by atomic mass is 9.97. The van der Waals surface area contributed by atoms with Crippen molar-refractivity contribution < 1.29 is 46.6 Å². The van der Waals surface area contributed by atoms with Crippen molar-refractivity contribution in [3.8, 4) is 6.07 Å². The van der Waals surface area contributed by atoms with Gasteiger partial charge in [-0.25, -0.2) is 18.5 Å². The average molecular weight is 846 g/mol. The van der Waals surface area contributed by atoms with Crippen LogP contribution in [0.5, 0.6) is 0 Å². The van der Waals surface area contributed by atoms with Gasteiger partial charge in [-0.1, -0.05) is 96.8 Å². The van der Waals surface area contributed by atoms with Crippen molar-refractivity contribution in [1.82, 2.24) is 14.6 Å². The predicted molar refractivity (Wildman–Crippen MR) is 221 cm³/mol. The molecule has 2 aliphatic heterocycles. The molecule has 6 atom stereocenters. The molecule has 1 unspecified atom stereocenters. The minimum atomic E-state index is -4.69. The number of hydrogen-bond donors (Lipinski definition) is 2. The van der Waals surface area contributed by atoms with Gasteiger partial charge in [0.15, 0.2) is 11.6 Å². The molecule has 4 heterocycles. The molecule has 328 valence electrons. The summed E-state index contributed by atoms with van der Waals surface area (Å²) in [5.74, 6) is -1.23. The van der Waals surface area contributed by atoms with Crippen molar-refractivity contribution in [2.24, 2.45) is 0 Å². The van der Waals surface area contributed by atoms with Crippen LogP contribution in [0.3, 0.4) is 0 Å². The molecule has 59 heavy (non-hydrogen) atoms. The van der Waals surface area contributed by atoms with Crippen molar-refractivity contribution in [3.05, 3.63) is 59.3 Å². The maximum Gasteiger partial charge on any atom is 0.472 e. The van der Waals surface area contributed by atoms with Crippen molar-refractivity contribution in [1.29, 1.82) is 5.26 Å². The van der Waals surface area contributed by atoms with E-state index in [0.29, 0.717) is 29.2 Å². The van der Waals surface area contributed by atoms with Crippen LogP contribution in [0.4, 0.5) is 10.2 Å². The Morgan fingerprint density at radius 2 is 1.59 bits per heavy atom. The van der Waals surface area contributed by atoms with Crippen LogP contribution in [0.25, 0.3) is 5.52 Å². The molecule has 0 bridgehead atoms. The topological polar surface area (TPSA) is 182 Å². The van der Waals surface area contributed by atoms with Crippen LogP contribution in [-0.2, 0) is 43.9 Å². The number of halogens is 1. The lowest BCUT2D eigenvalue weighted by Crippen LogP contribution is -2.44. The first-order valence-corrected chi connectivity index (χ1v) is 22.9. The summed E-state index contributed by atoms with van der Waals surface area (Å²) in [5, 5.41) is 13.6. The van der Waals surface area contributed by atoms with Gasteiger partial charge in [0.1, 0.15) is 47.7 Å². The Morgan fingerprint density at radius 3 is 2.25 bits per heavy atom. The summed E-state index contributed by atoms with van der Waals surface area (Å²) in [6.45, 7) is 7.28. The molecule has 16 heteroatoms. The number of ether oxygens (including phenoxy) is 5. The standard InChI is InChI=1S/C43H65FN5O9P/c1-5-6-7-8-9-10-11-12-13-14-15-16-17-18-19-22-52-28-35(53-27-33-23-32(26-45)24-34(44)25-33)29-54-59(50,51)55-30-43(4)40-39(56-42(2,3)58-40)38(57-43)36-20-21-37-41(46)47-31-48-49(36)37/h20-21,23-25,31,35,38-40H,5-19,22,27-30H2,1-4H3,(H,50,51)(H2,46,47,48)/t35-,38+,39+,40+,43-/m1/s1. The Bertz CT molecular complexity index is 1840. The summed E-state index contributed by atoms with van der Waals surface area (Å²) in [6.07, 6.45) is 17.5.